The SMILES string of the molecule is COc1cccc(C(=O)Nc2ccc(Nc3cccc(C)c3C)cn2)c1. The Bertz CT molecular complexity index is 921. The number of hydrogen-bond donors (Lipinski definition) is 2. The van der Waals surface area contributed by atoms with E-state index in [2.05, 4.69) is 35.5 Å². The summed E-state index contributed by atoms with van der Waals surface area (Å²) in [6.45, 7) is 4.16. The first-order valence-corrected chi connectivity index (χ1v) is 8.31. The maximum Gasteiger partial charge on any atom is 0.256 e. The number of aromatic nitrogens is 1. The van der Waals surface area contributed by atoms with Gasteiger partial charge in [-0.3, -0.25) is 4.79 Å². The van der Waals surface area contributed by atoms with E-state index in [4.69, 9.17) is 4.74 Å². The third-order valence-corrected chi connectivity index (χ3v) is 4.22. The molecule has 5 nitrogen and oxygen atoms in total. The number of ether oxygens (including phenoxy) is 1. The minimum Gasteiger partial charge on any atom is -0.497 e. The van der Waals surface area contributed by atoms with Crippen LogP contribution in [0.2, 0.25) is 0 Å². The van der Waals surface area contributed by atoms with Crippen molar-refractivity contribution in [3.8, 4) is 5.75 Å². The van der Waals surface area contributed by atoms with E-state index in [0.29, 0.717) is 17.1 Å². The number of carbonyl (C=O) groups is 1. The van der Waals surface area contributed by atoms with Crippen LogP contribution in [0.1, 0.15) is 21.5 Å². The molecule has 0 bridgehead atoms. The summed E-state index contributed by atoms with van der Waals surface area (Å²) in [4.78, 5) is 16.6. The van der Waals surface area contributed by atoms with Gasteiger partial charge in [-0.25, -0.2) is 4.98 Å². The van der Waals surface area contributed by atoms with Gasteiger partial charge in [0.25, 0.3) is 5.91 Å². The largest absolute Gasteiger partial charge is 0.497 e. The normalized spacial score (nSPS) is 10.3. The summed E-state index contributed by atoms with van der Waals surface area (Å²) in [5.74, 6) is 0.898. The van der Waals surface area contributed by atoms with Gasteiger partial charge in [0.15, 0.2) is 0 Å². The predicted octanol–water partition coefficient (Wildman–Crippen LogP) is 4.70. The maximum absolute atomic E-state index is 12.3. The Morgan fingerprint density at radius 1 is 1.04 bits per heavy atom. The lowest BCUT2D eigenvalue weighted by atomic mass is 10.1. The Morgan fingerprint density at radius 2 is 1.85 bits per heavy atom. The minimum absolute atomic E-state index is 0.230. The first-order chi connectivity index (χ1) is 12.6. The molecule has 0 aliphatic carbocycles. The highest BCUT2D eigenvalue weighted by Crippen LogP contribution is 2.23. The third kappa shape index (κ3) is 4.00. The van der Waals surface area contributed by atoms with Gasteiger partial charge in [-0.1, -0.05) is 18.2 Å². The molecule has 1 heterocycles. The van der Waals surface area contributed by atoms with Crippen LogP contribution in [0.5, 0.6) is 5.75 Å². The summed E-state index contributed by atoms with van der Waals surface area (Å²) < 4.78 is 5.14. The lowest BCUT2D eigenvalue weighted by Crippen LogP contribution is -2.13. The molecular formula is C21H21N3O2. The molecule has 3 rings (SSSR count). The molecule has 0 radical (unpaired) electrons. The Labute approximate surface area is 153 Å². The maximum atomic E-state index is 12.3. The third-order valence-electron chi connectivity index (χ3n) is 4.22. The van der Waals surface area contributed by atoms with Crippen molar-refractivity contribution in [2.24, 2.45) is 0 Å². The molecule has 0 unspecified atom stereocenters. The van der Waals surface area contributed by atoms with E-state index in [1.165, 1.54) is 11.1 Å². The standard InChI is InChI=1S/C21H21N3O2/c1-14-6-4-9-19(15(14)2)23-17-10-11-20(22-13-17)24-21(25)16-7-5-8-18(12-16)26-3/h4-13,23H,1-3H3,(H,22,24,25). The monoisotopic (exact) mass is 347 g/mol. The number of amides is 1. The van der Waals surface area contributed by atoms with Crippen LogP contribution in [0, 0.1) is 13.8 Å². The van der Waals surface area contributed by atoms with Crippen molar-refractivity contribution in [2.75, 3.05) is 17.7 Å². The summed E-state index contributed by atoms with van der Waals surface area (Å²) in [5.41, 5.74) is 4.84. The quantitative estimate of drug-likeness (QED) is 0.702. The molecule has 0 spiro atoms. The topological polar surface area (TPSA) is 63.2 Å². The van der Waals surface area contributed by atoms with Gasteiger partial charge in [-0.2, -0.15) is 0 Å². The van der Waals surface area contributed by atoms with Gasteiger partial charge in [-0.15, -0.1) is 0 Å². The summed E-state index contributed by atoms with van der Waals surface area (Å²) in [6.07, 6.45) is 1.70. The molecule has 0 aliphatic rings. The van der Waals surface area contributed by atoms with Crippen LogP contribution in [-0.4, -0.2) is 18.0 Å². The average Bonchev–Trinajstić information content (AvgIpc) is 2.67. The molecule has 3 aromatic rings. The van der Waals surface area contributed by atoms with Crippen LogP contribution >= 0.6 is 0 Å². The zero-order chi connectivity index (χ0) is 18.5. The molecule has 2 aromatic carbocycles. The fourth-order valence-corrected chi connectivity index (χ4v) is 2.54. The lowest BCUT2D eigenvalue weighted by molar-refractivity contribution is 0.102. The van der Waals surface area contributed by atoms with Crippen molar-refractivity contribution in [1.29, 1.82) is 0 Å². The van der Waals surface area contributed by atoms with Crippen molar-refractivity contribution in [3.63, 3.8) is 0 Å². The van der Waals surface area contributed by atoms with E-state index in [1.54, 1.807) is 43.6 Å². The van der Waals surface area contributed by atoms with Crippen molar-refractivity contribution >= 4 is 23.1 Å². The second kappa shape index (κ2) is 7.70. The first-order valence-electron chi connectivity index (χ1n) is 8.31. The smallest absolute Gasteiger partial charge is 0.256 e. The lowest BCUT2D eigenvalue weighted by Gasteiger charge is -2.12. The Balaban J connectivity index is 1.69. The van der Waals surface area contributed by atoms with E-state index in [9.17, 15) is 4.79 Å². The van der Waals surface area contributed by atoms with Gasteiger partial charge < -0.3 is 15.4 Å². The van der Waals surface area contributed by atoms with Crippen molar-refractivity contribution in [2.45, 2.75) is 13.8 Å². The fraction of sp³-hybridized carbons (Fsp3) is 0.143. The Morgan fingerprint density at radius 3 is 2.58 bits per heavy atom. The molecule has 1 aromatic heterocycles. The molecule has 2 N–H and O–H groups in total. The second-order valence-corrected chi connectivity index (χ2v) is 5.99. The number of aryl methyl sites for hydroxylation is 1. The van der Waals surface area contributed by atoms with Gasteiger partial charge >= 0.3 is 0 Å². The summed E-state index contributed by atoms with van der Waals surface area (Å²) in [7, 11) is 1.57. The van der Waals surface area contributed by atoms with Crippen molar-refractivity contribution in [1.82, 2.24) is 4.98 Å². The van der Waals surface area contributed by atoms with E-state index in [0.717, 1.165) is 11.4 Å². The number of rotatable bonds is 5. The Kier molecular flexibility index (Phi) is 5.17. The highest BCUT2D eigenvalue weighted by atomic mass is 16.5. The fourth-order valence-electron chi connectivity index (χ4n) is 2.54. The van der Waals surface area contributed by atoms with Gasteiger partial charge in [-0.05, 0) is 61.4 Å². The zero-order valence-corrected chi connectivity index (χ0v) is 15.0. The van der Waals surface area contributed by atoms with Crippen molar-refractivity contribution < 1.29 is 9.53 Å². The second-order valence-electron chi connectivity index (χ2n) is 5.99. The molecule has 0 aliphatic heterocycles. The van der Waals surface area contributed by atoms with E-state index < -0.39 is 0 Å². The van der Waals surface area contributed by atoms with Crippen molar-refractivity contribution in [3.05, 3.63) is 77.5 Å². The van der Waals surface area contributed by atoms with Gasteiger partial charge in [0.1, 0.15) is 11.6 Å². The van der Waals surface area contributed by atoms with Crippen LogP contribution < -0.4 is 15.4 Å². The van der Waals surface area contributed by atoms with Crippen LogP contribution in [-0.2, 0) is 0 Å². The molecule has 0 fully saturated rings. The van der Waals surface area contributed by atoms with Crippen LogP contribution in [0.15, 0.2) is 60.8 Å². The number of nitrogens with zero attached hydrogens (tertiary/aromatic N) is 1. The average molecular weight is 347 g/mol. The highest BCUT2D eigenvalue weighted by molar-refractivity contribution is 6.04. The molecule has 1 amide bonds. The van der Waals surface area contributed by atoms with Gasteiger partial charge in [0, 0.05) is 11.3 Å². The summed E-state index contributed by atoms with van der Waals surface area (Å²) >= 11 is 0. The number of anilines is 3. The molecule has 0 atom stereocenters. The van der Waals surface area contributed by atoms with E-state index in [1.807, 2.05) is 18.2 Å². The number of hydrogen-bond acceptors (Lipinski definition) is 4. The Hall–Kier alpha value is -3.34. The molecular weight excluding hydrogens is 326 g/mol. The van der Waals surface area contributed by atoms with E-state index >= 15 is 0 Å². The first kappa shape index (κ1) is 17.5. The molecule has 0 saturated heterocycles. The number of methoxy groups -OCH3 is 1. The van der Waals surface area contributed by atoms with Crippen LogP contribution in [0.25, 0.3) is 0 Å². The van der Waals surface area contributed by atoms with Gasteiger partial charge in [0.2, 0.25) is 0 Å². The summed E-state index contributed by atoms with van der Waals surface area (Å²) in [6, 6.07) is 16.8. The summed E-state index contributed by atoms with van der Waals surface area (Å²) in [5, 5.41) is 6.14. The number of pyridine rings is 1. The van der Waals surface area contributed by atoms with E-state index in [-0.39, 0.29) is 5.91 Å². The number of nitrogens with one attached hydrogen (secondary N) is 2. The van der Waals surface area contributed by atoms with Gasteiger partial charge in [0.05, 0.1) is 19.0 Å². The molecule has 0 saturated carbocycles. The number of benzene rings is 2. The molecule has 132 valence electrons. The zero-order valence-electron chi connectivity index (χ0n) is 15.0. The van der Waals surface area contributed by atoms with Crippen LogP contribution in [0.4, 0.5) is 17.2 Å². The number of carbonyl (C=O) groups excluding carboxylic acids is 1. The minimum atomic E-state index is -0.230. The predicted molar refractivity (Wildman–Crippen MR) is 104 cm³/mol. The van der Waals surface area contributed by atoms with Crippen LogP contribution in [0.3, 0.4) is 0 Å². The molecule has 26 heavy (non-hydrogen) atoms. The molecule has 5 heteroatoms. The highest BCUT2D eigenvalue weighted by Gasteiger charge is 2.08.